The fraction of sp³-hybridized carbons (Fsp3) is 0.235. The molecule has 3 rings (SSSR count). The van der Waals surface area contributed by atoms with Crippen molar-refractivity contribution in [2.24, 2.45) is 0 Å². The summed E-state index contributed by atoms with van der Waals surface area (Å²) in [5, 5.41) is 3.04. The molecule has 21 heavy (non-hydrogen) atoms. The van der Waals surface area contributed by atoms with Gasteiger partial charge in [-0.15, -0.1) is 0 Å². The summed E-state index contributed by atoms with van der Waals surface area (Å²) in [5.74, 6) is 1.34. The summed E-state index contributed by atoms with van der Waals surface area (Å²) < 4.78 is 10.7. The molecule has 0 radical (unpaired) electrons. The van der Waals surface area contributed by atoms with Crippen LogP contribution in [0.4, 0.5) is 0 Å². The first kappa shape index (κ1) is 13.5. The lowest BCUT2D eigenvalue weighted by Gasteiger charge is -2.28. The van der Waals surface area contributed by atoms with Crippen LogP contribution in [0, 0.1) is 0 Å². The average molecular weight is 283 g/mol. The van der Waals surface area contributed by atoms with Crippen LogP contribution in [0.5, 0.6) is 11.5 Å². The van der Waals surface area contributed by atoms with E-state index in [0.717, 1.165) is 16.7 Å². The lowest BCUT2D eigenvalue weighted by Crippen LogP contribution is -2.35. The minimum atomic E-state index is -0.151. The van der Waals surface area contributed by atoms with Crippen molar-refractivity contribution in [3.63, 3.8) is 0 Å². The third-order valence-electron chi connectivity index (χ3n) is 3.75. The van der Waals surface area contributed by atoms with E-state index < -0.39 is 0 Å². The molecule has 2 aromatic rings. The van der Waals surface area contributed by atoms with Gasteiger partial charge in [0.2, 0.25) is 5.91 Å². The second-order valence-corrected chi connectivity index (χ2v) is 4.99. The highest BCUT2D eigenvalue weighted by molar-refractivity contribution is 5.82. The predicted molar refractivity (Wildman–Crippen MR) is 79.7 cm³/mol. The Hall–Kier alpha value is -2.49. The van der Waals surface area contributed by atoms with Crippen LogP contribution in [0.15, 0.2) is 42.5 Å². The number of carbonyl (C=O) groups excluding carboxylic acids is 1. The molecule has 1 heterocycles. The van der Waals surface area contributed by atoms with Gasteiger partial charge in [0.25, 0.3) is 0 Å². The largest absolute Gasteiger partial charge is 0.493 e. The number of amides is 1. The van der Waals surface area contributed by atoms with Crippen LogP contribution >= 0.6 is 0 Å². The van der Waals surface area contributed by atoms with E-state index in [1.807, 2.05) is 42.5 Å². The van der Waals surface area contributed by atoms with E-state index in [-0.39, 0.29) is 11.9 Å². The minimum Gasteiger partial charge on any atom is -0.493 e. The summed E-state index contributed by atoms with van der Waals surface area (Å²) in [7, 11) is 3.21. The van der Waals surface area contributed by atoms with E-state index in [0.29, 0.717) is 17.9 Å². The van der Waals surface area contributed by atoms with Crippen LogP contribution < -0.4 is 14.8 Å². The van der Waals surface area contributed by atoms with E-state index >= 15 is 0 Å². The third kappa shape index (κ3) is 2.44. The Balaban J connectivity index is 2.13. The normalized spacial score (nSPS) is 16.9. The molecule has 0 aliphatic carbocycles. The summed E-state index contributed by atoms with van der Waals surface area (Å²) in [6, 6.07) is 13.6. The molecule has 4 nitrogen and oxygen atoms in total. The quantitative estimate of drug-likeness (QED) is 0.941. The van der Waals surface area contributed by atoms with Crippen molar-refractivity contribution in [2.75, 3.05) is 14.2 Å². The SMILES string of the molecule is COc1cc2c(cc1OC)C(c1ccccc1)NC(=O)C2. The molecule has 4 heteroatoms. The van der Waals surface area contributed by atoms with E-state index in [1.54, 1.807) is 14.2 Å². The first-order valence-corrected chi connectivity index (χ1v) is 6.82. The molecule has 0 saturated heterocycles. The number of rotatable bonds is 3. The monoisotopic (exact) mass is 283 g/mol. The van der Waals surface area contributed by atoms with Gasteiger partial charge in [-0.2, -0.15) is 0 Å². The van der Waals surface area contributed by atoms with Gasteiger partial charge in [0.15, 0.2) is 11.5 Å². The minimum absolute atomic E-state index is 0.0172. The number of hydrogen-bond donors (Lipinski definition) is 1. The van der Waals surface area contributed by atoms with E-state index in [4.69, 9.17) is 9.47 Å². The molecule has 1 N–H and O–H groups in total. The molecular weight excluding hydrogens is 266 g/mol. The highest BCUT2D eigenvalue weighted by Gasteiger charge is 2.27. The highest BCUT2D eigenvalue weighted by Crippen LogP contribution is 2.37. The van der Waals surface area contributed by atoms with Crippen LogP contribution in [0.1, 0.15) is 22.7 Å². The molecule has 2 aromatic carbocycles. The molecule has 1 atom stereocenters. The summed E-state index contributed by atoms with van der Waals surface area (Å²) in [6.45, 7) is 0. The topological polar surface area (TPSA) is 47.6 Å². The van der Waals surface area contributed by atoms with Crippen LogP contribution in [0.25, 0.3) is 0 Å². The van der Waals surface area contributed by atoms with E-state index in [9.17, 15) is 4.79 Å². The predicted octanol–water partition coefficient (Wildman–Crippen LogP) is 2.47. The Labute approximate surface area is 123 Å². The summed E-state index contributed by atoms with van der Waals surface area (Å²) in [4.78, 5) is 12.0. The zero-order valence-electron chi connectivity index (χ0n) is 12.1. The van der Waals surface area contributed by atoms with Crippen molar-refractivity contribution in [1.82, 2.24) is 5.32 Å². The third-order valence-corrected chi connectivity index (χ3v) is 3.75. The molecule has 0 aromatic heterocycles. The first-order chi connectivity index (χ1) is 10.2. The Kier molecular flexibility index (Phi) is 3.52. The van der Waals surface area contributed by atoms with Crippen LogP contribution in [-0.4, -0.2) is 20.1 Å². The molecule has 0 spiro atoms. The zero-order chi connectivity index (χ0) is 14.8. The van der Waals surface area contributed by atoms with Crippen molar-refractivity contribution < 1.29 is 14.3 Å². The van der Waals surface area contributed by atoms with Gasteiger partial charge >= 0.3 is 0 Å². The molecule has 0 fully saturated rings. The van der Waals surface area contributed by atoms with Gasteiger partial charge in [-0.05, 0) is 28.8 Å². The van der Waals surface area contributed by atoms with Crippen molar-refractivity contribution in [2.45, 2.75) is 12.5 Å². The number of benzene rings is 2. The highest BCUT2D eigenvalue weighted by atomic mass is 16.5. The number of hydrogen-bond acceptors (Lipinski definition) is 3. The molecule has 0 bridgehead atoms. The van der Waals surface area contributed by atoms with Gasteiger partial charge in [0.05, 0.1) is 26.7 Å². The summed E-state index contributed by atoms with van der Waals surface area (Å²) in [6.07, 6.45) is 0.360. The first-order valence-electron chi connectivity index (χ1n) is 6.82. The number of nitrogens with one attached hydrogen (secondary N) is 1. The second-order valence-electron chi connectivity index (χ2n) is 4.99. The van der Waals surface area contributed by atoms with Crippen molar-refractivity contribution in [3.8, 4) is 11.5 Å². The van der Waals surface area contributed by atoms with Gasteiger partial charge in [-0.25, -0.2) is 0 Å². The average Bonchev–Trinajstić information content (AvgIpc) is 2.53. The van der Waals surface area contributed by atoms with Gasteiger partial charge < -0.3 is 14.8 Å². The Morgan fingerprint density at radius 1 is 1.05 bits per heavy atom. The van der Waals surface area contributed by atoms with Crippen molar-refractivity contribution in [3.05, 3.63) is 59.2 Å². The molecule has 108 valence electrons. The number of methoxy groups -OCH3 is 2. The Morgan fingerprint density at radius 2 is 1.71 bits per heavy atom. The number of fused-ring (bicyclic) bond motifs is 1. The van der Waals surface area contributed by atoms with Gasteiger partial charge in [-0.3, -0.25) is 4.79 Å². The zero-order valence-corrected chi connectivity index (χ0v) is 12.1. The maximum atomic E-state index is 12.0. The number of carbonyl (C=O) groups is 1. The standard InChI is InChI=1S/C17H17NO3/c1-20-14-8-12-9-16(19)18-17(11-6-4-3-5-7-11)13(12)10-15(14)21-2/h3-8,10,17H,9H2,1-2H3,(H,18,19). The lowest BCUT2D eigenvalue weighted by molar-refractivity contribution is -0.121. The lowest BCUT2D eigenvalue weighted by atomic mass is 9.89. The fourth-order valence-corrected chi connectivity index (χ4v) is 2.73. The molecule has 1 aliphatic heterocycles. The van der Waals surface area contributed by atoms with Crippen LogP contribution in [-0.2, 0) is 11.2 Å². The molecule has 1 unspecified atom stereocenters. The van der Waals surface area contributed by atoms with Gasteiger partial charge in [0, 0.05) is 0 Å². The molecule has 1 amide bonds. The molecular formula is C17H17NO3. The summed E-state index contributed by atoms with van der Waals surface area (Å²) in [5.41, 5.74) is 3.09. The van der Waals surface area contributed by atoms with Crippen LogP contribution in [0.2, 0.25) is 0 Å². The number of ether oxygens (including phenoxy) is 2. The fourth-order valence-electron chi connectivity index (χ4n) is 2.73. The molecule has 1 aliphatic rings. The van der Waals surface area contributed by atoms with E-state index in [1.165, 1.54) is 0 Å². The maximum Gasteiger partial charge on any atom is 0.225 e. The van der Waals surface area contributed by atoms with Gasteiger partial charge in [-0.1, -0.05) is 30.3 Å². The second kappa shape index (κ2) is 5.48. The Morgan fingerprint density at radius 3 is 2.38 bits per heavy atom. The smallest absolute Gasteiger partial charge is 0.225 e. The van der Waals surface area contributed by atoms with Crippen molar-refractivity contribution >= 4 is 5.91 Å². The maximum absolute atomic E-state index is 12.0. The van der Waals surface area contributed by atoms with Gasteiger partial charge in [0.1, 0.15) is 0 Å². The summed E-state index contributed by atoms with van der Waals surface area (Å²) >= 11 is 0. The van der Waals surface area contributed by atoms with E-state index in [2.05, 4.69) is 5.32 Å². The van der Waals surface area contributed by atoms with Crippen molar-refractivity contribution in [1.29, 1.82) is 0 Å². The Bertz CT molecular complexity index is 667. The molecule has 0 saturated carbocycles. The van der Waals surface area contributed by atoms with Crippen LogP contribution in [0.3, 0.4) is 0 Å².